The quantitative estimate of drug-likeness (QED) is 0.107. The Morgan fingerprint density at radius 3 is 2.35 bits per heavy atom. The molecule has 2 heterocycles. The average Bonchev–Trinajstić information content (AvgIpc) is 3.66. The van der Waals surface area contributed by atoms with Gasteiger partial charge in [0.25, 0.3) is 0 Å². The fourth-order valence-corrected chi connectivity index (χ4v) is 5.69. The predicted molar refractivity (Wildman–Crippen MR) is 176 cm³/mol. The van der Waals surface area contributed by atoms with Gasteiger partial charge in [0, 0.05) is 5.56 Å². The first-order valence-corrected chi connectivity index (χ1v) is 15.9. The number of rotatable bonds is 9. The highest BCUT2D eigenvalue weighted by Gasteiger charge is 2.61. The summed E-state index contributed by atoms with van der Waals surface area (Å²) in [5.74, 6) is 0.0487. The van der Waals surface area contributed by atoms with E-state index < -0.39 is 24.1 Å². The summed E-state index contributed by atoms with van der Waals surface area (Å²) in [4.78, 5) is 28.9. The van der Waals surface area contributed by atoms with Crippen LogP contribution in [0.25, 0.3) is 17.1 Å². The van der Waals surface area contributed by atoms with E-state index in [0.29, 0.717) is 22.2 Å². The number of carbonyl (C=O) groups is 1. The molecule has 1 unspecified atom stereocenters. The van der Waals surface area contributed by atoms with Gasteiger partial charge in [-0.2, -0.15) is 26.9 Å². The third kappa shape index (κ3) is 7.82. The molecule has 1 fully saturated rings. The molecule has 48 heavy (non-hydrogen) atoms. The SMILES string of the molecule is Cc1ccc(C(C)C)c(N2C(=O)CSC2=NC(=S)NOC(C)c2ccc(-c3ncn(-c4ccc(OC(F)(F)C(F)(F)F)cc4)n3)cc2)c1. The van der Waals surface area contributed by atoms with Crippen LogP contribution in [0.3, 0.4) is 0 Å². The third-order valence-corrected chi connectivity index (χ3v) is 8.24. The van der Waals surface area contributed by atoms with Crippen LogP contribution < -0.4 is 15.1 Å². The topological polar surface area (TPSA) is 93.9 Å². The van der Waals surface area contributed by atoms with Gasteiger partial charge in [-0.05, 0) is 79.0 Å². The van der Waals surface area contributed by atoms with Gasteiger partial charge in [0.2, 0.25) is 11.0 Å². The zero-order valence-electron chi connectivity index (χ0n) is 26.0. The largest absolute Gasteiger partial charge is 0.499 e. The Kier molecular flexibility index (Phi) is 10.2. The second-order valence-electron chi connectivity index (χ2n) is 11.0. The molecule has 16 heteroatoms. The first-order chi connectivity index (χ1) is 22.6. The van der Waals surface area contributed by atoms with Crippen LogP contribution in [0.5, 0.6) is 5.75 Å². The number of hydrogen-bond acceptors (Lipinski definition) is 7. The molecule has 1 atom stereocenters. The van der Waals surface area contributed by atoms with Crippen molar-refractivity contribution in [3.05, 3.63) is 89.7 Å². The van der Waals surface area contributed by atoms with Gasteiger partial charge in [0.05, 0.1) is 17.1 Å². The summed E-state index contributed by atoms with van der Waals surface area (Å²) in [6.45, 7) is 7.91. The van der Waals surface area contributed by atoms with Crippen molar-refractivity contribution in [3.8, 4) is 22.8 Å². The van der Waals surface area contributed by atoms with E-state index >= 15 is 0 Å². The number of nitrogens with one attached hydrogen (secondary N) is 1. The molecule has 9 nitrogen and oxygen atoms in total. The molecule has 5 rings (SSSR count). The van der Waals surface area contributed by atoms with Crippen LogP contribution in [0, 0.1) is 6.92 Å². The molecule has 0 radical (unpaired) electrons. The summed E-state index contributed by atoms with van der Waals surface area (Å²) in [5, 5.41) is 4.88. The average molecular weight is 705 g/mol. The number of benzene rings is 3. The zero-order valence-corrected chi connectivity index (χ0v) is 27.6. The maximum absolute atomic E-state index is 13.2. The van der Waals surface area contributed by atoms with Crippen LogP contribution >= 0.6 is 24.0 Å². The molecule has 0 bridgehead atoms. The maximum Gasteiger partial charge on any atom is 0.499 e. The lowest BCUT2D eigenvalue weighted by Gasteiger charge is -2.22. The number of halogens is 5. The molecule has 1 aromatic heterocycles. The molecule has 252 valence electrons. The van der Waals surface area contributed by atoms with Gasteiger partial charge in [-0.3, -0.25) is 14.5 Å². The normalized spacial score (nSPS) is 15.3. The molecule has 1 aliphatic rings. The lowest BCUT2D eigenvalue weighted by Crippen LogP contribution is -2.41. The molecular formula is C32H29F5N6O3S2. The number of thiocarbonyl (C=S) groups is 1. The van der Waals surface area contributed by atoms with Crippen LogP contribution in [-0.2, 0) is 9.63 Å². The van der Waals surface area contributed by atoms with Gasteiger partial charge in [0.1, 0.15) is 18.2 Å². The highest BCUT2D eigenvalue weighted by atomic mass is 32.2. The van der Waals surface area contributed by atoms with E-state index in [0.717, 1.165) is 34.5 Å². The van der Waals surface area contributed by atoms with Crippen LogP contribution in [-0.4, -0.2) is 49.0 Å². The number of aryl methyl sites for hydroxylation is 1. The second-order valence-corrected chi connectivity index (χ2v) is 12.4. The van der Waals surface area contributed by atoms with Gasteiger partial charge in [0.15, 0.2) is 11.0 Å². The van der Waals surface area contributed by atoms with E-state index in [2.05, 4.69) is 39.1 Å². The number of aliphatic imine (C=N–C) groups is 1. The Morgan fingerprint density at radius 2 is 1.71 bits per heavy atom. The van der Waals surface area contributed by atoms with Crippen molar-refractivity contribution >= 4 is 45.9 Å². The number of hydrogen-bond donors (Lipinski definition) is 1. The number of amidine groups is 1. The summed E-state index contributed by atoms with van der Waals surface area (Å²) >= 11 is 6.70. The molecule has 0 saturated carbocycles. The zero-order chi connectivity index (χ0) is 34.8. The van der Waals surface area contributed by atoms with E-state index in [1.807, 2.05) is 44.2 Å². The number of nitrogens with zero attached hydrogens (tertiary/aromatic N) is 5. The fourth-order valence-electron chi connectivity index (χ4n) is 4.63. The van der Waals surface area contributed by atoms with Crippen molar-refractivity contribution in [2.24, 2.45) is 4.99 Å². The molecule has 1 N–H and O–H groups in total. The van der Waals surface area contributed by atoms with E-state index in [9.17, 15) is 26.7 Å². The lowest BCUT2D eigenvalue weighted by atomic mass is 9.99. The highest BCUT2D eigenvalue weighted by molar-refractivity contribution is 8.15. The Hall–Kier alpha value is -4.41. The van der Waals surface area contributed by atoms with Crippen molar-refractivity contribution in [1.82, 2.24) is 20.2 Å². The van der Waals surface area contributed by atoms with Crippen molar-refractivity contribution in [1.29, 1.82) is 0 Å². The molecule has 1 saturated heterocycles. The molecule has 0 aliphatic carbocycles. The monoisotopic (exact) mass is 704 g/mol. The molecule has 1 aliphatic heterocycles. The Balaban J connectivity index is 1.20. The summed E-state index contributed by atoms with van der Waals surface area (Å²) in [5.41, 5.74) is 7.34. The van der Waals surface area contributed by atoms with Gasteiger partial charge in [-0.1, -0.05) is 62.0 Å². The van der Waals surface area contributed by atoms with Crippen molar-refractivity contribution in [2.75, 3.05) is 10.7 Å². The van der Waals surface area contributed by atoms with E-state index in [-0.39, 0.29) is 22.7 Å². The van der Waals surface area contributed by atoms with Crippen LogP contribution in [0.4, 0.5) is 27.6 Å². The molecule has 1 amide bonds. The number of carbonyl (C=O) groups excluding carboxylic acids is 1. The van der Waals surface area contributed by atoms with Gasteiger partial charge in [-0.15, -0.1) is 5.10 Å². The van der Waals surface area contributed by atoms with Crippen molar-refractivity contribution in [3.63, 3.8) is 0 Å². The van der Waals surface area contributed by atoms with Crippen molar-refractivity contribution < 1.29 is 36.3 Å². The van der Waals surface area contributed by atoms with E-state index in [4.69, 9.17) is 17.1 Å². The van der Waals surface area contributed by atoms with Crippen LogP contribution in [0.1, 0.15) is 49.5 Å². The Labute approximate surface area is 282 Å². The minimum atomic E-state index is -5.84. The summed E-state index contributed by atoms with van der Waals surface area (Å²) in [7, 11) is 0. The number of aromatic nitrogens is 3. The number of ether oxygens (including phenoxy) is 1. The Morgan fingerprint density at radius 1 is 1.02 bits per heavy atom. The third-order valence-electron chi connectivity index (χ3n) is 7.14. The molecule has 3 aromatic carbocycles. The summed E-state index contributed by atoms with van der Waals surface area (Å²) < 4.78 is 68.7. The minimum absolute atomic E-state index is 0.0582. The van der Waals surface area contributed by atoms with Crippen LogP contribution in [0.15, 0.2) is 78.0 Å². The highest BCUT2D eigenvalue weighted by Crippen LogP contribution is 2.37. The van der Waals surface area contributed by atoms with E-state index in [1.54, 1.807) is 17.0 Å². The summed E-state index contributed by atoms with van der Waals surface area (Å²) in [6.07, 6.45) is -10.2. The molecule has 0 spiro atoms. The second kappa shape index (κ2) is 14.0. The van der Waals surface area contributed by atoms with Gasteiger partial charge < -0.3 is 4.74 Å². The maximum atomic E-state index is 13.2. The molecule has 4 aromatic rings. The van der Waals surface area contributed by atoms with Gasteiger partial charge in [-0.25, -0.2) is 15.1 Å². The number of hydroxylamine groups is 1. The Bertz CT molecular complexity index is 1830. The fraction of sp³-hybridized carbons (Fsp3) is 0.281. The first kappa shape index (κ1) is 34.9. The summed E-state index contributed by atoms with van der Waals surface area (Å²) in [6, 6.07) is 17.7. The number of alkyl halides is 5. The standard InChI is InChI=1S/C32H29F5N6O3S2/c1-18(2)25-14-5-19(3)15-26(25)43-27(44)16-48-30(43)39-29(47)41-46-20(4)21-6-8-22(9-7-21)28-38-17-42(40-28)23-10-12-24(13-11-23)45-32(36,37)31(33,34)35/h5-15,17-18,20H,16H2,1-4H3,(H,41,47). The molecular weight excluding hydrogens is 676 g/mol. The van der Waals surface area contributed by atoms with Crippen LogP contribution in [0.2, 0.25) is 0 Å². The number of amides is 1. The van der Waals surface area contributed by atoms with Gasteiger partial charge >= 0.3 is 12.3 Å². The number of thioether (sulfide) groups is 1. The van der Waals surface area contributed by atoms with E-state index in [1.165, 1.54) is 34.9 Å². The number of anilines is 1. The van der Waals surface area contributed by atoms with Crippen molar-refractivity contribution in [2.45, 2.75) is 52.0 Å². The minimum Gasteiger partial charge on any atom is -0.426 e. The predicted octanol–water partition coefficient (Wildman–Crippen LogP) is 7.90. The lowest BCUT2D eigenvalue weighted by molar-refractivity contribution is -0.360. The first-order valence-electron chi connectivity index (χ1n) is 14.5. The smallest absolute Gasteiger partial charge is 0.426 e.